The van der Waals surface area contributed by atoms with Gasteiger partial charge >= 0.3 is 0 Å². The number of methoxy groups -OCH3 is 1. The number of carbonyl (C=O) groups excluding carboxylic acids is 1. The maximum Gasteiger partial charge on any atom is 0.246 e. The van der Waals surface area contributed by atoms with Gasteiger partial charge in [0.15, 0.2) is 11.5 Å². The first kappa shape index (κ1) is 19.5. The first-order valence-corrected chi connectivity index (χ1v) is 9.98. The molecule has 1 aliphatic rings. The van der Waals surface area contributed by atoms with Gasteiger partial charge in [-0.25, -0.2) is 0 Å². The summed E-state index contributed by atoms with van der Waals surface area (Å²) in [5, 5.41) is 0. The third kappa shape index (κ3) is 5.36. The van der Waals surface area contributed by atoms with Crippen LogP contribution >= 0.6 is 15.9 Å². The molecule has 0 radical (unpaired) electrons. The van der Waals surface area contributed by atoms with Gasteiger partial charge in [-0.15, -0.1) is 0 Å². The van der Waals surface area contributed by atoms with Gasteiger partial charge in [0, 0.05) is 29.2 Å². The molecule has 0 atom stereocenters. The Hall–Kier alpha value is -2.27. The second-order valence-electron chi connectivity index (χ2n) is 6.51. The molecule has 1 amide bonds. The molecular formula is C22H24BrNO3. The number of piperidine rings is 1. The third-order valence-electron chi connectivity index (χ3n) is 4.60. The van der Waals surface area contributed by atoms with Crippen molar-refractivity contribution in [3.63, 3.8) is 0 Å². The van der Waals surface area contributed by atoms with Crippen LogP contribution in [0.1, 0.15) is 30.4 Å². The second kappa shape index (κ2) is 9.60. The maximum atomic E-state index is 12.4. The van der Waals surface area contributed by atoms with Crippen molar-refractivity contribution in [2.75, 3.05) is 20.2 Å². The Morgan fingerprint density at radius 2 is 1.85 bits per heavy atom. The van der Waals surface area contributed by atoms with E-state index in [0.29, 0.717) is 18.1 Å². The molecule has 5 heteroatoms. The quantitative estimate of drug-likeness (QED) is 0.602. The molecule has 1 aliphatic heterocycles. The van der Waals surface area contributed by atoms with Crippen molar-refractivity contribution in [1.29, 1.82) is 0 Å². The number of hydrogen-bond acceptors (Lipinski definition) is 3. The fourth-order valence-electron chi connectivity index (χ4n) is 3.10. The molecule has 27 heavy (non-hydrogen) atoms. The van der Waals surface area contributed by atoms with Crippen molar-refractivity contribution in [2.45, 2.75) is 25.9 Å². The van der Waals surface area contributed by atoms with Crippen LogP contribution in [0.2, 0.25) is 0 Å². The Morgan fingerprint density at radius 3 is 2.56 bits per heavy atom. The van der Waals surface area contributed by atoms with Gasteiger partial charge in [0.05, 0.1) is 7.11 Å². The van der Waals surface area contributed by atoms with Gasteiger partial charge in [-0.2, -0.15) is 0 Å². The van der Waals surface area contributed by atoms with E-state index < -0.39 is 0 Å². The van der Waals surface area contributed by atoms with Crippen LogP contribution in [0.3, 0.4) is 0 Å². The third-order valence-corrected chi connectivity index (χ3v) is 5.13. The summed E-state index contributed by atoms with van der Waals surface area (Å²) in [6.45, 7) is 2.11. The number of likely N-dealkylation sites (tertiary alicyclic amines) is 1. The lowest BCUT2D eigenvalue weighted by molar-refractivity contribution is -0.126. The van der Waals surface area contributed by atoms with Crippen molar-refractivity contribution in [1.82, 2.24) is 4.90 Å². The fourth-order valence-corrected chi connectivity index (χ4v) is 3.36. The van der Waals surface area contributed by atoms with Crippen LogP contribution in [-0.4, -0.2) is 31.0 Å². The largest absolute Gasteiger partial charge is 0.493 e. The molecule has 1 heterocycles. The highest BCUT2D eigenvalue weighted by molar-refractivity contribution is 9.10. The molecule has 2 aromatic carbocycles. The summed E-state index contributed by atoms with van der Waals surface area (Å²) >= 11 is 3.44. The minimum atomic E-state index is 0.0522. The van der Waals surface area contributed by atoms with Gasteiger partial charge in [0.2, 0.25) is 5.91 Å². The SMILES string of the molecule is COc1cccc(/C=C/C(=O)N2CCCCC2)c1OCc1ccc(Br)cc1. The highest BCUT2D eigenvalue weighted by Gasteiger charge is 2.15. The summed E-state index contributed by atoms with van der Waals surface area (Å²) < 4.78 is 12.5. The summed E-state index contributed by atoms with van der Waals surface area (Å²) in [5.74, 6) is 1.35. The zero-order valence-electron chi connectivity index (χ0n) is 15.5. The average molecular weight is 430 g/mol. The van der Waals surface area contributed by atoms with E-state index in [2.05, 4.69) is 15.9 Å². The number of rotatable bonds is 6. The number of nitrogens with zero attached hydrogens (tertiary/aromatic N) is 1. The molecule has 0 bridgehead atoms. The predicted octanol–water partition coefficient (Wildman–Crippen LogP) is 5.06. The van der Waals surface area contributed by atoms with Crippen LogP contribution in [0.5, 0.6) is 11.5 Å². The van der Waals surface area contributed by atoms with Crippen molar-refractivity contribution in [3.8, 4) is 11.5 Å². The topological polar surface area (TPSA) is 38.8 Å². The highest BCUT2D eigenvalue weighted by atomic mass is 79.9. The Kier molecular flexibility index (Phi) is 6.93. The lowest BCUT2D eigenvalue weighted by Gasteiger charge is -2.25. The van der Waals surface area contributed by atoms with Crippen LogP contribution in [0.4, 0.5) is 0 Å². The molecule has 142 valence electrons. The van der Waals surface area contributed by atoms with Gasteiger partial charge in [-0.3, -0.25) is 4.79 Å². The monoisotopic (exact) mass is 429 g/mol. The van der Waals surface area contributed by atoms with E-state index in [0.717, 1.165) is 41.5 Å². The fraction of sp³-hybridized carbons (Fsp3) is 0.318. The Bertz CT molecular complexity index is 796. The first-order chi connectivity index (χ1) is 13.2. The van der Waals surface area contributed by atoms with Gasteiger partial charge < -0.3 is 14.4 Å². The van der Waals surface area contributed by atoms with E-state index in [1.54, 1.807) is 13.2 Å². The molecule has 0 unspecified atom stereocenters. The van der Waals surface area contributed by atoms with Gasteiger partial charge in [-0.05, 0) is 49.1 Å². The number of para-hydroxylation sites is 1. The summed E-state index contributed by atoms with van der Waals surface area (Å²) in [5.41, 5.74) is 1.89. The molecule has 0 saturated carbocycles. The minimum absolute atomic E-state index is 0.0522. The van der Waals surface area contributed by atoms with E-state index in [9.17, 15) is 4.79 Å². The number of ether oxygens (including phenoxy) is 2. The van der Waals surface area contributed by atoms with Crippen molar-refractivity contribution in [3.05, 3.63) is 64.1 Å². The minimum Gasteiger partial charge on any atom is -0.493 e. The van der Waals surface area contributed by atoms with E-state index in [4.69, 9.17) is 9.47 Å². The van der Waals surface area contributed by atoms with Gasteiger partial charge in [0.25, 0.3) is 0 Å². The molecule has 2 aromatic rings. The molecule has 0 spiro atoms. The van der Waals surface area contributed by atoms with Crippen LogP contribution < -0.4 is 9.47 Å². The zero-order valence-corrected chi connectivity index (χ0v) is 17.1. The smallest absolute Gasteiger partial charge is 0.246 e. The van der Waals surface area contributed by atoms with Crippen molar-refractivity contribution in [2.24, 2.45) is 0 Å². The number of amides is 1. The first-order valence-electron chi connectivity index (χ1n) is 9.18. The van der Waals surface area contributed by atoms with E-state index in [-0.39, 0.29) is 5.91 Å². The Morgan fingerprint density at radius 1 is 1.11 bits per heavy atom. The molecule has 0 N–H and O–H groups in total. The van der Waals surface area contributed by atoms with Crippen LogP contribution in [0.15, 0.2) is 53.0 Å². The normalized spacial score (nSPS) is 14.4. The number of carbonyl (C=O) groups is 1. The zero-order chi connectivity index (χ0) is 19.1. The number of hydrogen-bond donors (Lipinski definition) is 0. The highest BCUT2D eigenvalue weighted by Crippen LogP contribution is 2.33. The second-order valence-corrected chi connectivity index (χ2v) is 7.43. The van der Waals surface area contributed by atoms with Gasteiger partial charge in [0.1, 0.15) is 6.61 Å². The number of halogens is 1. The van der Waals surface area contributed by atoms with E-state index in [1.165, 1.54) is 6.42 Å². The molecule has 1 saturated heterocycles. The average Bonchev–Trinajstić information content (AvgIpc) is 2.72. The number of benzene rings is 2. The predicted molar refractivity (Wildman–Crippen MR) is 111 cm³/mol. The van der Waals surface area contributed by atoms with Crippen LogP contribution in [0, 0.1) is 0 Å². The van der Waals surface area contributed by atoms with E-state index >= 15 is 0 Å². The lowest BCUT2D eigenvalue weighted by atomic mass is 10.1. The molecule has 1 fully saturated rings. The van der Waals surface area contributed by atoms with Gasteiger partial charge in [-0.1, -0.05) is 40.2 Å². The Balaban J connectivity index is 1.75. The van der Waals surface area contributed by atoms with Crippen molar-refractivity contribution >= 4 is 27.9 Å². The van der Waals surface area contributed by atoms with Crippen LogP contribution in [0.25, 0.3) is 6.08 Å². The summed E-state index contributed by atoms with van der Waals surface area (Å²) in [7, 11) is 1.62. The Labute approximate surface area is 168 Å². The van der Waals surface area contributed by atoms with Crippen LogP contribution in [-0.2, 0) is 11.4 Å². The molecule has 0 aliphatic carbocycles. The summed E-state index contributed by atoms with van der Waals surface area (Å²) in [6, 6.07) is 13.7. The summed E-state index contributed by atoms with van der Waals surface area (Å²) in [6.07, 6.45) is 6.82. The molecule has 0 aromatic heterocycles. The van der Waals surface area contributed by atoms with E-state index in [1.807, 2.05) is 53.4 Å². The van der Waals surface area contributed by atoms with Crippen molar-refractivity contribution < 1.29 is 14.3 Å². The molecular weight excluding hydrogens is 406 g/mol. The summed E-state index contributed by atoms with van der Waals surface area (Å²) in [4.78, 5) is 14.3. The maximum absolute atomic E-state index is 12.4. The lowest BCUT2D eigenvalue weighted by Crippen LogP contribution is -2.34. The molecule has 3 rings (SSSR count). The standard InChI is InChI=1S/C22H24BrNO3/c1-26-20-7-5-6-18(10-13-21(25)24-14-3-2-4-15-24)22(20)27-16-17-8-11-19(23)12-9-17/h5-13H,2-4,14-16H2,1H3/b13-10+. The molecule has 4 nitrogen and oxygen atoms in total.